The minimum absolute atomic E-state index is 0.226. The molecule has 4 aromatic heterocycles. The third kappa shape index (κ3) is 4.21. The number of alkyl halides is 2. The summed E-state index contributed by atoms with van der Waals surface area (Å²) in [7, 11) is 0. The van der Waals surface area contributed by atoms with Crippen molar-refractivity contribution < 1.29 is 13.5 Å². The largest absolute Gasteiger partial charge is 0.457 e. The number of aryl methyl sites for hydroxylation is 1. The molecule has 5 heterocycles. The van der Waals surface area contributed by atoms with Crippen LogP contribution >= 0.6 is 0 Å². The number of aromatic nitrogens is 7. The number of hydrogen-bond donors (Lipinski definition) is 1. The van der Waals surface area contributed by atoms with Gasteiger partial charge in [0.05, 0.1) is 6.20 Å². The van der Waals surface area contributed by atoms with E-state index in [0.29, 0.717) is 52.9 Å². The Labute approximate surface area is 204 Å². The van der Waals surface area contributed by atoms with Crippen LogP contribution in [-0.4, -0.2) is 54.0 Å². The Morgan fingerprint density at radius 2 is 2.00 bits per heavy atom. The molecular weight excluding hydrogens is 468 g/mol. The lowest BCUT2D eigenvalue weighted by Gasteiger charge is -2.17. The van der Waals surface area contributed by atoms with Crippen molar-refractivity contribution in [3.05, 3.63) is 60.9 Å². The molecule has 6 rings (SSSR count). The minimum Gasteiger partial charge on any atom is -0.457 e. The van der Waals surface area contributed by atoms with Crippen molar-refractivity contribution in [2.45, 2.75) is 19.8 Å². The quantitative estimate of drug-likeness (QED) is 0.371. The van der Waals surface area contributed by atoms with Gasteiger partial charge in [0.2, 0.25) is 12.4 Å². The van der Waals surface area contributed by atoms with Crippen LogP contribution in [-0.2, 0) is 0 Å². The molecule has 0 bridgehead atoms. The molecule has 182 valence electrons. The van der Waals surface area contributed by atoms with Gasteiger partial charge in [-0.1, -0.05) is 0 Å². The highest BCUT2D eigenvalue weighted by molar-refractivity contribution is 5.87. The lowest BCUT2D eigenvalue weighted by atomic mass is 10.1. The molecule has 12 heteroatoms. The van der Waals surface area contributed by atoms with Crippen molar-refractivity contribution in [3.63, 3.8) is 0 Å². The predicted octanol–water partition coefficient (Wildman–Crippen LogP) is 4.40. The van der Waals surface area contributed by atoms with Crippen LogP contribution in [0.5, 0.6) is 11.5 Å². The van der Waals surface area contributed by atoms with Crippen LogP contribution < -0.4 is 15.0 Å². The molecule has 0 amide bonds. The van der Waals surface area contributed by atoms with Gasteiger partial charge in [0, 0.05) is 37.0 Å². The van der Waals surface area contributed by atoms with Crippen molar-refractivity contribution in [2.75, 3.05) is 23.3 Å². The Morgan fingerprint density at radius 3 is 2.83 bits per heavy atom. The molecular formula is C24H21F2N9O. The summed E-state index contributed by atoms with van der Waals surface area (Å²) >= 11 is 0. The average molecular weight is 489 g/mol. The SMILES string of the molecule is Cc1cc(Nc2ncnc3cnc(N4CC[C@H](C(F)F)C4)nc23)ccc1Oc1ccn2ncnc2c1. The van der Waals surface area contributed by atoms with Crippen LogP contribution in [0.2, 0.25) is 0 Å². The first-order valence-electron chi connectivity index (χ1n) is 11.4. The molecule has 1 aliphatic rings. The van der Waals surface area contributed by atoms with Crippen molar-refractivity contribution >= 4 is 34.1 Å². The first-order valence-corrected chi connectivity index (χ1v) is 11.4. The molecule has 36 heavy (non-hydrogen) atoms. The number of fused-ring (bicyclic) bond motifs is 2. The third-order valence-electron chi connectivity index (χ3n) is 6.15. The Morgan fingerprint density at radius 1 is 1.08 bits per heavy atom. The lowest BCUT2D eigenvalue weighted by molar-refractivity contribution is 0.0879. The second-order valence-electron chi connectivity index (χ2n) is 8.59. The van der Waals surface area contributed by atoms with Gasteiger partial charge in [-0.15, -0.1) is 0 Å². The average Bonchev–Trinajstić information content (AvgIpc) is 3.56. The smallest absolute Gasteiger partial charge is 0.243 e. The maximum absolute atomic E-state index is 13.1. The maximum Gasteiger partial charge on any atom is 0.243 e. The molecule has 1 aromatic carbocycles. The zero-order valence-corrected chi connectivity index (χ0v) is 19.2. The number of anilines is 3. The first kappa shape index (κ1) is 22.0. The van der Waals surface area contributed by atoms with Gasteiger partial charge in [-0.2, -0.15) is 5.10 Å². The van der Waals surface area contributed by atoms with E-state index in [0.717, 1.165) is 11.3 Å². The Kier molecular flexibility index (Phi) is 5.47. The van der Waals surface area contributed by atoms with Crippen LogP contribution in [0.1, 0.15) is 12.0 Å². The number of ether oxygens (including phenoxy) is 1. The summed E-state index contributed by atoms with van der Waals surface area (Å²) in [4.78, 5) is 23.5. The summed E-state index contributed by atoms with van der Waals surface area (Å²) < 4.78 is 33.9. The summed E-state index contributed by atoms with van der Waals surface area (Å²) in [5.41, 5.74) is 3.46. The van der Waals surface area contributed by atoms with Crippen molar-refractivity contribution in [1.82, 2.24) is 34.5 Å². The van der Waals surface area contributed by atoms with Crippen LogP contribution in [0.25, 0.3) is 16.7 Å². The van der Waals surface area contributed by atoms with E-state index in [1.54, 1.807) is 21.8 Å². The number of hydrogen-bond acceptors (Lipinski definition) is 9. The number of nitrogens with one attached hydrogen (secondary N) is 1. The van der Waals surface area contributed by atoms with Gasteiger partial charge in [0.1, 0.15) is 35.2 Å². The second-order valence-corrected chi connectivity index (χ2v) is 8.59. The summed E-state index contributed by atoms with van der Waals surface area (Å²) in [5.74, 6) is 1.58. The zero-order chi connectivity index (χ0) is 24.6. The number of benzene rings is 1. The van der Waals surface area contributed by atoms with Crippen molar-refractivity contribution in [2.24, 2.45) is 5.92 Å². The number of rotatable bonds is 6. The van der Waals surface area contributed by atoms with Crippen LogP contribution in [0, 0.1) is 12.8 Å². The predicted molar refractivity (Wildman–Crippen MR) is 129 cm³/mol. The van der Waals surface area contributed by atoms with E-state index in [2.05, 4.69) is 35.3 Å². The van der Waals surface area contributed by atoms with Crippen LogP contribution in [0.15, 0.2) is 55.4 Å². The van der Waals surface area contributed by atoms with Gasteiger partial charge in [0.15, 0.2) is 11.5 Å². The molecule has 1 fully saturated rings. The Bertz CT molecular complexity index is 1560. The molecule has 5 aromatic rings. The van der Waals surface area contributed by atoms with Crippen LogP contribution in [0.3, 0.4) is 0 Å². The van der Waals surface area contributed by atoms with Crippen molar-refractivity contribution in [3.8, 4) is 11.5 Å². The molecule has 10 nitrogen and oxygen atoms in total. The second kappa shape index (κ2) is 8.95. The molecule has 1 atom stereocenters. The summed E-state index contributed by atoms with van der Waals surface area (Å²) in [5, 5.41) is 7.37. The molecule has 0 saturated carbocycles. The number of pyridine rings is 1. The summed E-state index contributed by atoms with van der Waals surface area (Å²) in [6.07, 6.45) is 4.36. The third-order valence-corrected chi connectivity index (χ3v) is 6.15. The van der Waals surface area contributed by atoms with Gasteiger partial charge in [-0.25, -0.2) is 38.2 Å². The molecule has 1 N–H and O–H groups in total. The zero-order valence-electron chi connectivity index (χ0n) is 19.2. The molecule has 0 aliphatic carbocycles. The van der Waals surface area contributed by atoms with Gasteiger partial charge >= 0.3 is 0 Å². The topological polar surface area (TPSA) is 106 Å². The van der Waals surface area contributed by atoms with E-state index in [9.17, 15) is 8.78 Å². The fourth-order valence-corrected chi connectivity index (χ4v) is 4.23. The van der Waals surface area contributed by atoms with E-state index in [4.69, 9.17) is 4.74 Å². The molecule has 1 aliphatic heterocycles. The van der Waals surface area contributed by atoms with E-state index >= 15 is 0 Å². The maximum atomic E-state index is 13.1. The number of nitrogens with zero attached hydrogens (tertiary/aromatic N) is 8. The monoisotopic (exact) mass is 489 g/mol. The molecule has 0 unspecified atom stereocenters. The summed E-state index contributed by atoms with van der Waals surface area (Å²) in [6.45, 7) is 2.66. The highest BCUT2D eigenvalue weighted by Gasteiger charge is 2.31. The van der Waals surface area contributed by atoms with Gasteiger partial charge in [0.25, 0.3) is 0 Å². The highest BCUT2D eigenvalue weighted by atomic mass is 19.3. The van der Waals surface area contributed by atoms with Crippen molar-refractivity contribution in [1.29, 1.82) is 0 Å². The van der Waals surface area contributed by atoms with Gasteiger partial charge in [-0.3, -0.25) is 0 Å². The standard InChI is InChI=1S/C24H21F2N9O/c1-14-8-16(2-3-19(14)36-17-5-7-35-20(9-17)29-13-31-35)32-23-21-18(28-12-30-23)10-27-24(33-21)34-6-4-15(11-34)22(25)26/h2-3,5,7-10,12-13,15,22H,4,6,11H2,1H3,(H,28,30,32)/t15-/m0/s1. The Hall–Kier alpha value is -4.48. The van der Waals surface area contributed by atoms with E-state index in [-0.39, 0.29) is 6.54 Å². The van der Waals surface area contributed by atoms with E-state index in [1.807, 2.05) is 37.3 Å². The van der Waals surface area contributed by atoms with Crippen LogP contribution in [0.4, 0.5) is 26.2 Å². The van der Waals surface area contributed by atoms with E-state index < -0.39 is 12.3 Å². The highest BCUT2D eigenvalue weighted by Crippen LogP contribution is 2.31. The lowest BCUT2D eigenvalue weighted by Crippen LogP contribution is -2.24. The fraction of sp³-hybridized carbons (Fsp3) is 0.250. The normalized spacial score (nSPS) is 15.8. The Balaban J connectivity index is 1.24. The molecule has 0 radical (unpaired) electrons. The fourth-order valence-electron chi connectivity index (χ4n) is 4.23. The minimum atomic E-state index is -2.35. The summed E-state index contributed by atoms with van der Waals surface area (Å²) in [6, 6.07) is 9.31. The first-order chi connectivity index (χ1) is 17.5. The number of halogens is 2. The molecule has 1 saturated heterocycles. The molecule has 0 spiro atoms. The van der Waals surface area contributed by atoms with E-state index in [1.165, 1.54) is 12.7 Å². The van der Waals surface area contributed by atoms with Gasteiger partial charge in [-0.05, 0) is 43.2 Å². The van der Waals surface area contributed by atoms with Gasteiger partial charge < -0.3 is 15.0 Å².